The van der Waals surface area contributed by atoms with E-state index < -0.39 is 0 Å². The van der Waals surface area contributed by atoms with Crippen molar-refractivity contribution in [2.75, 3.05) is 0 Å². The Labute approximate surface area is 219 Å². The molecule has 3 heteroatoms. The van der Waals surface area contributed by atoms with Crippen molar-refractivity contribution in [2.45, 2.75) is 31.1 Å². The predicted molar refractivity (Wildman–Crippen MR) is 152 cm³/mol. The zero-order valence-corrected chi connectivity index (χ0v) is 21.4. The van der Waals surface area contributed by atoms with Crippen LogP contribution in [0.5, 0.6) is 5.75 Å². The summed E-state index contributed by atoms with van der Waals surface area (Å²) in [7, 11) is -0.0958. The first kappa shape index (κ1) is 22.8. The van der Waals surface area contributed by atoms with E-state index in [-0.39, 0.29) is 10.9 Å². The molecule has 1 aliphatic heterocycles. The number of benzene rings is 5. The highest BCUT2D eigenvalue weighted by molar-refractivity contribution is 8.04. The van der Waals surface area contributed by atoms with Gasteiger partial charge in [-0.05, 0) is 82.9 Å². The topological polar surface area (TPSA) is 9.23 Å². The number of rotatable bonds is 6. The normalized spacial score (nSPS) is 12.4. The minimum Gasteiger partial charge on any atom is -0.489 e. The van der Waals surface area contributed by atoms with E-state index in [1.54, 1.807) is 0 Å². The van der Waals surface area contributed by atoms with Gasteiger partial charge in [0, 0.05) is 0 Å². The van der Waals surface area contributed by atoms with E-state index >= 15 is 0 Å². The predicted octanol–water partition coefficient (Wildman–Crippen LogP) is 9.14. The lowest BCUT2D eigenvalue weighted by Crippen LogP contribution is -2.10. The first-order chi connectivity index (χ1) is 17.8. The number of ether oxygens (including phenoxy) is 1. The zero-order valence-electron chi connectivity index (χ0n) is 19.8. The summed E-state index contributed by atoms with van der Waals surface area (Å²) in [6, 6.07) is 43.3. The molecule has 5 aromatic rings. The average Bonchev–Trinajstić information content (AvgIpc) is 2.95. The molecular formula is C33H25OS2+. The molecule has 6 rings (SSSR count). The third-order valence-corrected chi connectivity index (χ3v) is 10.0. The summed E-state index contributed by atoms with van der Waals surface area (Å²) in [6.07, 6.45) is 1.85. The lowest BCUT2D eigenvalue weighted by molar-refractivity contribution is 0.306. The van der Waals surface area contributed by atoms with Crippen molar-refractivity contribution in [3.63, 3.8) is 0 Å². The lowest BCUT2D eigenvalue weighted by Gasteiger charge is -2.18. The molecule has 0 saturated carbocycles. The Morgan fingerprint density at radius 1 is 0.639 bits per heavy atom. The second-order valence-corrected chi connectivity index (χ2v) is 11.6. The molecule has 0 fully saturated rings. The second-order valence-electron chi connectivity index (χ2n) is 8.58. The molecule has 0 N–H and O–H groups in total. The number of hydrogen-bond donors (Lipinski definition) is 0. The van der Waals surface area contributed by atoms with Crippen molar-refractivity contribution >= 4 is 28.7 Å². The Bertz CT molecular complexity index is 1460. The summed E-state index contributed by atoms with van der Waals surface area (Å²) in [6.45, 7) is 4.35. The Morgan fingerprint density at radius 3 is 1.78 bits per heavy atom. The molecule has 0 aromatic heterocycles. The minimum atomic E-state index is -0.0958. The summed E-state index contributed by atoms with van der Waals surface area (Å²) in [5.74, 6) is 0.873. The van der Waals surface area contributed by atoms with Crippen LogP contribution in [0.25, 0.3) is 17.2 Å². The zero-order chi connectivity index (χ0) is 24.3. The molecule has 5 aromatic carbocycles. The van der Waals surface area contributed by atoms with Crippen LogP contribution in [0.2, 0.25) is 0 Å². The summed E-state index contributed by atoms with van der Waals surface area (Å²) >= 11 is 1.88. The first-order valence-corrected chi connectivity index (χ1v) is 14.0. The Morgan fingerprint density at radius 2 is 1.19 bits per heavy atom. The maximum atomic E-state index is 5.99. The molecule has 0 amide bonds. The van der Waals surface area contributed by atoms with Crippen molar-refractivity contribution in [1.82, 2.24) is 0 Å². The van der Waals surface area contributed by atoms with Gasteiger partial charge in [-0.25, -0.2) is 0 Å². The van der Waals surface area contributed by atoms with Crippen LogP contribution in [0.3, 0.4) is 0 Å². The van der Waals surface area contributed by atoms with Crippen LogP contribution < -0.4 is 4.74 Å². The summed E-state index contributed by atoms with van der Waals surface area (Å²) in [5, 5.41) is 0. The average molecular weight is 502 g/mol. The van der Waals surface area contributed by atoms with Gasteiger partial charge in [-0.3, -0.25) is 0 Å². The van der Waals surface area contributed by atoms with E-state index in [2.05, 4.69) is 116 Å². The molecular weight excluding hydrogens is 476 g/mol. The molecule has 0 saturated heterocycles. The lowest BCUT2D eigenvalue weighted by atomic mass is 10.1. The molecule has 0 unspecified atom stereocenters. The summed E-state index contributed by atoms with van der Waals surface area (Å²) < 4.78 is 5.99. The van der Waals surface area contributed by atoms with E-state index in [4.69, 9.17) is 4.74 Å². The first-order valence-electron chi connectivity index (χ1n) is 11.9. The van der Waals surface area contributed by atoms with E-state index in [1.807, 2.05) is 30.0 Å². The second kappa shape index (κ2) is 10.1. The van der Waals surface area contributed by atoms with Crippen LogP contribution in [-0.4, -0.2) is 0 Å². The fourth-order valence-corrected chi connectivity index (χ4v) is 8.08. The van der Waals surface area contributed by atoms with Gasteiger partial charge in [-0.2, -0.15) is 0 Å². The Kier molecular flexibility index (Phi) is 6.42. The van der Waals surface area contributed by atoms with Crippen LogP contribution >= 0.6 is 11.8 Å². The molecule has 36 heavy (non-hydrogen) atoms. The van der Waals surface area contributed by atoms with Crippen molar-refractivity contribution in [3.8, 4) is 16.9 Å². The summed E-state index contributed by atoms with van der Waals surface area (Å²) in [5.41, 5.74) is 4.66. The van der Waals surface area contributed by atoms with Crippen LogP contribution in [0.4, 0.5) is 0 Å². The standard InChI is InChI=1S/C33H25OS2/c1-2-24-11-13-25(14-12-24)23-34-28-19-15-26(16-20-28)27-17-21-29(22-18-27)36-32-9-5-3-7-30(32)35-31-8-4-6-10-33(31)36/h2-22H,1,23H2/q+1. The highest BCUT2D eigenvalue weighted by Crippen LogP contribution is 2.48. The van der Waals surface area contributed by atoms with Gasteiger partial charge in [0.05, 0.1) is 9.79 Å². The fourth-order valence-electron chi connectivity index (χ4n) is 4.34. The number of fused-ring (bicyclic) bond motifs is 2. The molecule has 0 radical (unpaired) electrons. The fraction of sp³-hybridized carbons (Fsp3) is 0.0303. The molecule has 1 aliphatic rings. The Hall–Kier alpha value is -3.66. The molecule has 0 spiro atoms. The molecule has 0 bridgehead atoms. The number of hydrogen-bond acceptors (Lipinski definition) is 2. The SMILES string of the molecule is C=Cc1ccc(COc2ccc(-c3ccc([S+]4c5ccccc5Sc5ccccc54)cc3)cc2)cc1. The quantitative estimate of drug-likeness (QED) is 0.210. The van der Waals surface area contributed by atoms with Gasteiger partial charge in [0.15, 0.2) is 14.7 Å². The largest absolute Gasteiger partial charge is 0.489 e. The highest BCUT2D eigenvalue weighted by atomic mass is 32.2. The van der Waals surface area contributed by atoms with E-state index in [1.165, 1.54) is 35.6 Å². The Balaban J connectivity index is 1.21. The monoisotopic (exact) mass is 501 g/mol. The van der Waals surface area contributed by atoms with Gasteiger partial charge >= 0.3 is 0 Å². The van der Waals surface area contributed by atoms with Gasteiger partial charge in [0.2, 0.25) is 0 Å². The minimum absolute atomic E-state index is 0.0958. The smallest absolute Gasteiger partial charge is 0.180 e. The molecule has 174 valence electrons. The van der Waals surface area contributed by atoms with E-state index in [0.29, 0.717) is 6.61 Å². The van der Waals surface area contributed by atoms with Gasteiger partial charge in [0.25, 0.3) is 0 Å². The summed E-state index contributed by atoms with van der Waals surface area (Å²) in [4.78, 5) is 6.89. The van der Waals surface area contributed by atoms with E-state index in [9.17, 15) is 0 Å². The molecule has 1 heterocycles. The van der Waals surface area contributed by atoms with E-state index in [0.717, 1.165) is 16.9 Å². The third-order valence-electron chi connectivity index (χ3n) is 6.26. The van der Waals surface area contributed by atoms with Gasteiger partial charge in [-0.15, -0.1) is 0 Å². The van der Waals surface area contributed by atoms with Crippen LogP contribution in [0.1, 0.15) is 11.1 Å². The van der Waals surface area contributed by atoms with Gasteiger partial charge < -0.3 is 4.74 Å². The van der Waals surface area contributed by atoms with Crippen LogP contribution in [-0.2, 0) is 17.5 Å². The van der Waals surface area contributed by atoms with Gasteiger partial charge in [0.1, 0.15) is 23.3 Å². The maximum absolute atomic E-state index is 5.99. The maximum Gasteiger partial charge on any atom is 0.180 e. The van der Waals surface area contributed by atoms with Crippen molar-refractivity contribution in [3.05, 3.63) is 139 Å². The molecule has 0 aliphatic carbocycles. The molecule has 0 atom stereocenters. The highest BCUT2D eigenvalue weighted by Gasteiger charge is 2.37. The van der Waals surface area contributed by atoms with Crippen LogP contribution in [0, 0.1) is 0 Å². The molecule has 1 nitrogen and oxygen atoms in total. The van der Waals surface area contributed by atoms with Gasteiger partial charge in [-0.1, -0.05) is 85.1 Å². The van der Waals surface area contributed by atoms with Crippen molar-refractivity contribution < 1.29 is 4.74 Å². The third kappa shape index (κ3) is 4.60. The van der Waals surface area contributed by atoms with Crippen LogP contribution in [0.15, 0.2) is 152 Å². The van der Waals surface area contributed by atoms with Crippen molar-refractivity contribution in [1.29, 1.82) is 0 Å². The van der Waals surface area contributed by atoms with Crippen molar-refractivity contribution in [2.24, 2.45) is 0 Å².